The number of nitrogens with zero attached hydrogens (tertiary/aromatic N) is 3. The van der Waals surface area contributed by atoms with Crippen molar-refractivity contribution in [3.8, 4) is 11.5 Å². The molecule has 1 N–H and O–H groups in total. The van der Waals surface area contributed by atoms with Crippen LogP contribution in [-0.2, 0) is 13.6 Å². The SMILES string of the molecule is COc1ccc2c(c1)OC(C)(C)CN(C(=O)Nc1cc(C(F)F)n(C)n1)C2. The highest BCUT2D eigenvalue weighted by Gasteiger charge is 2.32. The maximum Gasteiger partial charge on any atom is 0.323 e. The van der Waals surface area contributed by atoms with Crippen LogP contribution in [0, 0.1) is 0 Å². The number of urea groups is 1. The Kier molecular flexibility index (Phi) is 4.95. The topological polar surface area (TPSA) is 68.6 Å². The van der Waals surface area contributed by atoms with Gasteiger partial charge < -0.3 is 14.4 Å². The van der Waals surface area contributed by atoms with E-state index >= 15 is 0 Å². The number of ether oxygens (including phenoxy) is 2. The van der Waals surface area contributed by atoms with Crippen LogP contribution in [0.3, 0.4) is 0 Å². The molecule has 1 aliphatic heterocycles. The van der Waals surface area contributed by atoms with E-state index in [1.54, 1.807) is 24.1 Å². The molecule has 0 radical (unpaired) electrons. The van der Waals surface area contributed by atoms with Crippen molar-refractivity contribution in [3.05, 3.63) is 35.5 Å². The molecule has 0 fully saturated rings. The van der Waals surface area contributed by atoms with E-state index in [4.69, 9.17) is 9.47 Å². The first-order valence-electron chi connectivity index (χ1n) is 8.42. The quantitative estimate of drug-likeness (QED) is 0.884. The van der Waals surface area contributed by atoms with Gasteiger partial charge >= 0.3 is 6.03 Å². The number of halogens is 2. The number of fused-ring (bicyclic) bond motifs is 1. The number of nitrogens with one attached hydrogen (secondary N) is 1. The number of anilines is 1. The third-order valence-corrected chi connectivity index (χ3v) is 4.26. The summed E-state index contributed by atoms with van der Waals surface area (Å²) >= 11 is 0. The van der Waals surface area contributed by atoms with Crippen LogP contribution in [-0.4, -0.2) is 40.0 Å². The van der Waals surface area contributed by atoms with Gasteiger partial charge in [0.15, 0.2) is 5.82 Å². The van der Waals surface area contributed by atoms with Crippen molar-refractivity contribution in [2.45, 2.75) is 32.4 Å². The molecule has 27 heavy (non-hydrogen) atoms. The second-order valence-corrected chi connectivity index (χ2v) is 7.00. The molecule has 0 aliphatic carbocycles. The minimum absolute atomic E-state index is 0.0794. The number of carbonyl (C=O) groups is 1. The molecule has 0 saturated heterocycles. The molecule has 3 rings (SSSR count). The number of hydrogen-bond donors (Lipinski definition) is 1. The van der Waals surface area contributed by atoms with Crippen molar-refractivity contribution in [2.75, 3.05) is 19.0 Å². The summed E-state index contributed by atoms with van der Waals surface area (Å²) in [5.74, 6) is 1.39. The van der Waals surface area contributed by atoms with Gasteiger partial charge in [0, 0.05) is 24.7 Å². The highest BCUT2D eigenvalue weighted by molar-refractivity contribution is 5.88. The first-order chi connectivity index (χ1) is 12.7. The van der Waals surface area contributed by atoms with E-state index in [9.17, 15) is 13.6 Å². The Balaban J connectivity index is 1.82. The monoisotopic (exact) mass is 380 g/mol. The molecule has 146 valence electrons. The predicted octanol–water partition coefficient (Wildman–Crippen LogP) is 3.57. The third-order valence-electron chi connectivity index (χ3n) is 4.26. The molecule has 2 amide bonds. The van der Waals surface area contributed by atoms with Crippen molar-refractivity contribution in [1.82, 2.24) is 14.7 Å². The lowest BCUT2D eigenvalue weighted by Crippen LogP contribution is -2.44. The molecule has 2 heterocycles. The first-order valence-corrected chi connectivity index (χ1v) is 8.42. The molecule has 1 aliphatic rings. The van der Waals surface area contributed by atoms with Crippen LogP contribution in [0.2, 0.25) is 0 Å². The van der Waals surface area contributed by atoms with Gasteiger partial charge in [-0.1, -0.05) is 0 Å². The molecule has 0 saturated carbocycles. The number of carbonyl (C=O) groups excluding carboxylic acids is 1. The Morgan fingerprint density at radius 1 is 1.37 bits per heavy atom. The molecular formula is C18H22F2N4O3. The summed E-state index contributed by atoms with van der Waals surface area (Å²) in [6.45, 7) is 4.36. The Morgan fingerprint density at radius 3 is 2.74 bits per heavy atom. The van der Waals surface area contributed by atoms with Gasteiger partial charge in [-0.15, -0.1) is 0 Å². The van der Waals surface area contributed by atoms with Gasteiger partial charge in [0.05, 0.1) is 20.2 Å². The van der Waals surface area contributed by atoms with Gasteiger partial charge in [-0.25, -0.2) is 13.6 Å². The summed E-state index contributed by atoms with van der Waals surface area (Å²) < 4.78 is 38.1. The second-order valence-electron chi connectivity index (χ2n) is 7.00. The molecule has 1 aromatic heterocycles. The van der Waals surface area contributed by atoms with Crippen LogP contribution >= 0.6 is 0 Å². The van der Waals surface area contributed by atoms with Crippen LogP contribution in [0.4, 0.5) is 19.4 Å². The maximum absolute atomic E-state index is 12.9. The maximum atomic E-state index is 12.9. The molecule has 9 heteroatoms. The molecular weight excluding hydrogens is 358 g/mol. The number of amides is 2. The number of aryl methyl sites for hydroxylation is 1. The van der Waals surface area contributed by atoms with E-state index < -0.39 is 18.1 Å². The Morgan fingerprint density at radius 2 is 2.11 bits per heavy atom. The van der Waals surface area contributed by atoms with Gasteiger partial charge in [0.2, 0.25) is 0 Å². The number of benzene rings is 1. The van der Waals surface area contributed by atoms with E-state index in [1.165, 1.54) is 13.1 Å². The smallest absolute Gasteiger partial charge is 0.323 e. The van der Waals surface area contributed by atoms with E-state index in [-0.39, 0.29) is 11.5 Å². The van der Waals surface area contributed by atoms with Crippen LogP contribution in [0.15, 0.2) is 24.3 Å². The zero-order valence-electron chi connectivity index (χ0n) is 15.6. The Bertz CT molecular complexity index is 851. The highest BCUT2D eigenvalue weighted by Crippen LogP contribution is 2.33. The largest absolute Gasteiger partial charge is 0.497 e. The Labute approximate surface area is 155 Å². The summed E-state index contributed by atoms with van der Waals surface area (Å²) in [6.07, 6.45) is -2.67. The van der Waals surface area contributed by atoms with Gasteiger partial charge in [0.1, 0.15) is 22.8 Å². The van der Waals surface area contributed by atoms with Crippen LogP contribution < -0.4 is 14.8 Å². The number of methoxy groups -OCH3 is 1. The first kappa shape index (κ1) is 18.9. The van der Waals surface area contributed by atoms with Crippen LogP contribution in [0.5, 0.6) is 11.5 Å². The molecule has 7 nitrogen and oxygen atoms in total. The molecule has 0 unspecified atom stereocenters. The molecule has 0 spiro atoms. The van der Waals surface area contributed by atoms with Gasteiger partial charge in [-0.05, 0) is 26.0 Å². The highest BCUT2D eigenvalue weighted by atomic mass is 19.3. The average Bonchev–Trinajstić information content (AvgIpc) is 2.88. The zero-order valence-corrected chi connectivity index (χ0v) is 15.6. The fourth-order valence-corrected chi connectivity index (χ4v) is 3.02. The van der Waals surface area contributed by atoms with Crippen LogP contribution in [0.1, 0.15) is 31.5 Å². The molecule has 0 atom stereocenters. The van der Waals surface area contributed by atoms with Crippen molar-refractivity contribution < 1.29 is 23.0 Å². The van der Waals surface area contributed by atoms with Crippen molar-refractivity contribution in [2.24, 2.45) is 7.05 Å². The summed E-state index contributed by atoms with van der Waals surface area (Å²) in [5.41, 5.74) is -0.0826. The van der Waals surface area contributed by atoms with Gasteiger partial charge in [-0.3, -0.25) is 10.00 Å². The third kappa shape index (κ3) is 4.12. The van der Waals surface area contributed by atoms with E-state index in [0.29, 0.717) is 24.6 Å². The van der Waals surface area contributed by atoms with E-state index in [0.717, 1.165) is 10.2 Å². The zero-order chi connectivity index (χ0) is 19.8. The summed E-state index contributed by atoms with van der Waals surface area (Å²) in [7, 11) is 2.98. The Hall–Kier alpha value is -2.84. The number of hydrogen-bond acceptors (Lipinski definition) is 4. The second kappa shape index (κ2) is 7.05. The lowest BCUT2D eigenvalue weighted by molar-refractivity contribution is 0.0833. The molecule has 0 bridgehead atoms. The van der Waals surface area contributed by atoms with Crippen molar-refractivity contribution in [1.29, 1.82) is 0 Å². The fraction of sp³-hybridized carbons (Fsp3) is 0.444. The standard InChI is InChI=1S/C18H22F2N4O3/c1-18(2)10-24(9-11-5-6-12(26-4)7-14(11)27-18)17(25)21-15-8-13(16(19)20)23(3)22-15/h5-8,16H,9-10H2,1-4H3,(H,21,22,25). The summed E-state index contributed by atoms with van der Waals surface area (Å²) in [5, 5.41) is 6.51. The summed E-state index contributed by atoms with van der Waals surface area (Å²) in [4.78, 5) is 14.3. The van der Waals surface area contributed by atoms with Gasteiger partial charge in [0.25, 0.3) is 6.43 Å². The molecule has 2 aromatic rings. The molecule has 1 aromatic carbocycles. The number of aromatic nitrogens is 2. The fourth-order valence-electron chi connectivity index (χ4n) is 3.02. The summed E-state index contributed by atoms with van der Waals surface area (Å²) in [6, 6.07) is 6.15. The lowest BCUT2D eigenvalue weighted by Gasteiger charge is -2.29. The van der Waals surface area contributed by atoms with Crippen LogP contribution in [0.25, 0.3) is 0 Å². The lowest BCUT2D eigenvalue weighted by atomic mass is 10.1. The van der Waals surface area contributed by atoms with Crippen molar-refractivity contribution in [3.63, 3.8) is 0 Å². The van der Waals surface area contributed by atoms with E-state index in [1.807, 2.05) is 19.9 Å². The average molecular weight is 380 g/mol. The minimum Gasteiger partial charge on any atom is -0.497 e. The number of rotatable bonds is 3. The van der Waals surface area contributed by atoms with Crippen molar-refractivity contribution >= 4 is 11.8 Å². The normalized spacial score (nSPS) is 15.7. The van der Waals surface area contributed by atoms with E-state index in [2.05, 4.69) is 10.4 Å². The number of alkyl halides is 2. The minimum atomic E-state index is -2.67. The van der Waals surface area contributed by atoms with Gasteiger partial charge in [-0.2, -0.15) is 5.10 Å². The predicted molar refractivity (Wildman–Crippen MR) is 95.3 cm³/mol.